The molecule has 0 radical (unpaired) electrons. The van der Waals surface area contributed by atoms with Gasteiger partial charge in [0.05, 0.1) is 6.61 Å². The molecule has 2 rings (SSSR count). The molecular weight excluding hydrogens is 236 g/mol. The lowest BCUT2D eigenvalue weighted by atomic mass is 9.74. The van der Waals surface area contributed by atoms with Crippen LogP contribution in [0, 0.1) is 17.8 Å². The Morgan fingerprint density at radius 2 is 1.68 bits per heavy atom. The highest BCUT2D eigenvalue weighted by atomic mass is 16.5. The lowest BCUT2D eigenvalue weighted by Crippen LogP contribution is -2.26. The molecule has 1 aromatic rings. The zero-order valence-electron chi connectivity index (χ0n) is 12.2. The van der Waals surface area contributed by atoms with E-state index in [0.717, 1.165) is 24.2 Å². The summed E-state index contributed by atoms with van der Waals surface area (Å²) >= 11 is 0. The molecule has 1 aromatic carbocycles. The van der Waals surface area contributed by atoms with Crippen molar-refractivity contribution in [3.8, 4) is 5.75 Å². The van der Waals surface area contributed by atoms with E-state index in [1.807, 2.05) is 31.2 Å². The predicted octanol–water partition coefficient (Wildman–Crippen LogP) is 4.34. The Bertz CT molecular complexity index is 411. The third-order valence-corrected chi connectivity index (χ3v) is 4.00. The van der Waals surface area contributed by atoms with E-state index in [2.05, 4.69) is 13.8 Å². The summed E-state index contributed by atoms with van der Waals surface area (Å²) in [5, 5.41) is 0. The number of carbonyl (C=O) groups is 1. The third kappa shape index (κ3) is 3.59. The molecule has 19 heavy (non-hydrogen) atoms. The van der Waals surface area contributed by atoms with Crippen molar-refractivity contribution in [2.45, 2.75) is 40.0 Å². The summed E-state index contributed by atoms with van der Waals surface area (Å²) in [5.74, 6) is 2.68. The second-order valence-corrected chi connectivity index (χ2v) is 5.94. The summed E-state index contributed by atoms with van der Waals surface area (Å²) in [7, 11) is 0. The molecule has 1 aliphatic carbocycles. The van der Waals surface area contributed by atoms with Gasteiger partial charge in [-0.15, -0.1) is 0 Å². The average Bonchev–Trinajstić information content (AvgIpc) is 2.38. The third-order valence-electron chi connectivity index (χ3n) is 4.00. The van der Waals surface area contributed by atoms with Gasteiger partial charge in [-0.25, -0.2) is 0 Å². The van der Waals surface area contributed by atoms with E-state index >= 15 is 0 Å². The normalized spacial score (nSPS) is 27.0. The summed E-state index contributed by atoms with van der Waals surface area (Å²) in [6.45, 7) is 7.14. The van der Waals surface area contributed by atoms with Crippen LogP contribution < -0.4 is 4.74 Å². The fourth-order valence-electron chi connectivity index (χ4n) is 3.28. The molecule has 2 atom stereocenters. The molecule has 104 valence electrons. The van der Waals surface area contributed by atoms with Gasteiger partial charge in [0.25, 0.3) is 0 Å². The van der Waals surface area contributed by atoms with Crippen molar-refractivity contribution in [2.75, 3.05) is 6.61 Å². The van der Waals surface area contributed by atoms with Crippen LogP contribution in [0.3, 0.4) is 0 Å². The van der Waals surface area contributed by atoms with Crippen LogP contribution in [0.1, 0.15) is 50.4 Å². The van der Waals surface area contributed by atoms with Gasteiger partial charge in [-0.3, -0.25) is 4.79 Å². The highest BCUT2D eigenvalue weighted by Gasteiger charge is 2.29. The van der Waals surface area contributed by atoms with Crippen LogP contribution >= 0.6 is 0 Å². The Balaban J connectivity index is 2.06. The van der Waals surface area contributed by atoms with E-state index < -0.39 is 0 Å². The van der Waals surface area contributed by atoms with Gasteiger partial charge in [-0.05, 0) is 62.3 Å². The van der Waals surface area contributed by atoms with Crippen LogP contribution in [0.25, 0.3) is 0 Å². The van der Waals surface area contributed by atoms with Crippen molar-refractivity contribution in [1.29, 1.82) is 0 Å². The van der Waals surface area contributed by atoms with Crippen LogP contribution in [0.2, 0.25) is 0 Å². The van der Waals surface area contributed by atoms with Crippen LogP contribution in [-0.2, 0) is 0 Å². The standard InChI is InChI=1S/C17H24O2/c1-4-19-16-7-5-14(6-8-16)17(18)15-10-12(2)9-13(3)11-15/h5-8,12-13,15H,4,9-11H2,1-3H3. The van der Waals surface area contributed by atoms with Crippen molar-refractivity contribution >= 4 is 5.78 Å². The second kappa shape index (κ2) is 6.23. The number of benzene rings is 1. The second-order valence-electron chi connectivity index (χ2n) is 5.94. The predicted molar refractivity (Wildman–Crippen MR) is 77.6 cm³/mol. The molecule has 0 N–H and O–H groups in total. The zero-order chi connectivity index (χ0) is 13.8. The van der Waals surface area contributed by atoms with Crippen molar-refractivity contribution in [1.82, 2.24) is 0 Å². The minimum Gasteiger partial charge on any atom is -0.494 e. The maximum atomic E-state index is 12.5. The van der Waals surface area contributed by atoms with E-state index in [4.69, 9.17) is 4.74 Å². The summed E-state index contributed by atoms with van der Waals surface area (Å²) in [6, 6.07) is 7.59. The van der Waals surface area contributed by atoms with Gasteiger partial charge >= 0.3 is 0 Å². The number of hydrogen-bond acceptors (Lipinski definition) is 2. The molecule has 1 fully saturated rings. The molecule has 2 unspecified atom stereocenters. The van der Waals surface area contributed by atoms with Crippen molar-refractivity contribution in [2.24, 2.45) is 17.8 Å². The van der Waals surface area contributed by atoms with Crippen LogP contribution in [0.15, 0.2) is 24.3 Å². The van der Waals surface area contributed by atoms with Gasteiger partial charge in [0.15, 0.2) is 5.78 Å². The van der Waals surface area contributed by atoms with Crippen LogP contribution in [0.5, 0.6) is 5.75 Å². The first-order valence-corrected chi connectivity index (χ1v) is 7.37. The zero-order valence-corrected chi connectivity index (χ0v) is 12.2. The highest BCUT2D eigenvalue weighted by molar-refractivity contribution is 5.98. The fraction of sp³-hybridized carbons (Fsp3) is 0.588. The first kappa shape index (κ1) is 14.1. The van der Waals surface area contributed by atoms with E-state index in [1.54, 1.807) is 0 Å². The van der Waals surface area contributed by atoms with Crippen molar-refractivity contribution < 1.29 is 9.53 Å². The summed E-state index contributed by atoms with van der Waals surface area (Å²) in [5.41, 5.74) is 0.828. The van der Waals surface area contributed by atoms with Gasteiger partial charge in [0.1, 0.15) is 5.75 Å². The molecule has 0 aromatic heterocycles. The van der Waals surface area contributed by atoms with E-state index in [1.165, 1.54) is 6.42 Å². The van der Waals surface area contributed by atoms with Crippen molar-refractivity contribution in [3.63, 3.8) is 0 Å². The lowest BCUT2D eigenvalue weighted by Gasteiger charge is -2.30. The minimum absolute atomic E-state index is 0.205. The van der Waals surface area contributed by atoms with E-state index in [0.29, 0.717) is 24.2 Å². The first-order valence-electron chi connectivity index (χ1n) is 7.37. The number of hydrogen-bond donors (Lipinski definition) is 0. The van der Waals surface area contributed by atoms with Gasteiger partial charge in [0, 0.05) is 11.5 Å². The molecule has 2 heteroatoms. The average molecular weight is 260 g/mol. The Kier molecular flexibility index (Phi) is 4.62. The van der Waals surface area contributed by atoms with Gasteiger partial charge in [0.2, 0.25) is 0 Å². The molecule has 0 bridgehead atoms. The molecule has 0 spiro atoms. The largest absolute Gasteiger partial charge is 0.494 e. The Morgan fingerprint density at radius 3 is 2.21 bits per heavy atom. The summed E-state index contributed by atoms with van der Waals surface area (Å²) < 4.78 is 5.41. The number of Topliss-reactive ketones (excluding diaryl/α,β-unsaturated/α-hetero) is 1. The van der Waals surface area contributed by atoms with Crippen LogP contribution in [-0.4, -0.2) is 12.4 Å². The SMILES string of the molecule is CCOc1ccc(C(=O)C2CC(C)CC(C)C2)cc1. The maximum absolute atomic E-state index is 12.5. The molecule has 1 saturated carbocycles. The smallest absolute Gasteiger partial charge is 0.165 e. The quantitative estimate of drug-likeness (QED) is 0.753. The molecule has 1 aliphatic rings. The maximum Gasteiger partial charge on any atom is 0.165 e. The minimum atomic E-state index is 0.205. The Hall–Kier alpha value is -1.31. The molecule has 0 aliphatic heterocycles. The fourth-order valence-corrected chi connectivity index (χ4v) is 3.28. The van der Waals surface area contributed by atoms with Gasteiger partial charge < -0.3 is 4.74 Å². The van der Waals surface area contributed by atoms with Gasteiger partial charge in [-0.1, -0.05) is 13.8 Å². The number of ketones is 1. The van der Waals surface area contributed by atoms with Gasteiger partial charge in [-0.2, -0.15) is 0 Å². The number of carbonyl (C=O) groups excluding carboxylic acids is 1. The van der Waals surface area contributed by atoms with Crippen molar-refractivity contribution in [3.05, 3.63) is 29.8 Å². The molecular formula is C17H24O2. The lowest BCUT2D eigenvalue weighted by molar-refractivity contribution is 0.0836. The van der Waals surface area contributed by atoms with Crippen LogP contribution in [0.4, 0.5) is 0 Å². The number of rotatable bonds is 4. The van der Waals surface area contributed by atoms with E-state index in [9.17, 15) is 4.79 Å². The summed E-state index contributed by atoms with van der Waals surface area (Å²) in [4.78, 5) is 12.5. The Morgan fingerprint density at radius 1 is 1.11 bits per heavy atom. The molecule has 2 nitrogen and oxygen atoms in total. The first-order chi connectivity index (χ1) is 9.10. The molecule has 0 heterocycles. The monoisotopic (exact) mass is 260 g/mol. The summed E-state index contributed by atoms with van der Waals surface area (Å²) in [6.07, 6.45) is 3.33. The number of ether oxygens (including phenoxy) is 1. The molecule has 0 amide bonds. The molecule has 0 saturated heterocycles. The topological polar surface area (TPSA) is 26.3 Å². The highest BCUT2D eigenvalue weighted by Crippen LogP contribution is 2.34. The Labute approximate surface area is 116 Å². The van der Waals surface area contributed by atoms with E-state index in [-0.39, 0.29) is 5.92 Å².